The van der Waals surface area contributed by atoms with Crippen molar-refractivity contribution in [2.45, 2.75) is 6.92 Å². The first kappa shape index (κ1) is 21.7. The van der Waals surface area contributed by atoms with Gasteiger partial charge in [-0.25, -0.2) is 9.97 Å². The number of anilines is 1. The molecule has 0 saturated carbocycles. The number of aromatic amines is 1. The molecule has 0 unspecified atom stereocenters. The quantitative estimate of drug-likeness (QED) is 0.353. The highest BCUT2D eigenvalue weighted by Crippen LogP contribution is 2.38. The van der Waals surface area contributed by atoms with Gasteiger partial charge in [-0.2, -0.15) is 14.8 Å². The van der Waals surface area contributed by atoms with E-state index in [1.165, 1.54) is 0 Å². The van der Waals surface area contributed by atoms with Crippen LogP contribution in [0.25, 0.3) is 56.2 Å². The zero-order chi connectivity index (χ0) is 25.8. The minimum absolute atomic E-state index is 0.0715. The molecule has 0 fully saturated rings. The van der Waals surface area contributed by atoms with Crippen LogP contribution in [0.5, 0.6) is 5.75 Å². The van der Waals surface area contributed by atoms with Crippen molar-refractivity contribution in [3.8, 4) is 45.3 Å². The number of aromatic nitrogens is 9. The number of hydrogen-bond acceptors (Lipinski definition) is 9. The predicted molar refractivity (Wildman–Crippen MR) is 140 cm³/mol. The minimum Gasteiger partial charge on any atom is -0.496 e. The second-order valence-electron chi connectivity index (χ2n) is 8.68. The fourth-order valence-corrected chi connectivity index (χ4v) is 4.62. The van der Waals surface area contributed by atoms with E-state index in [9.17, 15) is 0 Å². The highest BCUT2D eigenvalue weighted by Gasteiger charge is 2.24. The van der Waals surface area contributed by atoms with Crippen LogP contribution in [-0.4, -0.2) is 51.7 Å². The third kappa shape index (κ3) is 3.31. The van der Waals surface area contributed by atoms with Gasteiger partial charge >= 0.3 is 0 Å². The summed E-state index contributed by atoms with van der Waals surface area (Å²) >= 11 is 0. The number of nitrogens with two attached hydrogens (primary N) is 1. The maximum atomic E-state index is 6.24. The van der Waals surface area contributed by atoms with E-state index in [2.05, 4.69) is 35.5 Å². The third-order valence-corrected chi connectivity index (χ3v) is 6.42. The Balaban J connectivity index is 1.55. The average molecular weight is 505 g/mol. The van der Waals surface area contributed by atoms with Crippen LogP contribution in [-0.2, 0) is 0 Å². The second-order valence-corrected chi connectivity index (χ2v) is 8.68. The Labute approximate surface area is 214 Å². The molecule has 0 aliphatic rings. The van der Waals surface area contributed by atoms with Gasteiger partial charge in [0.2, 0.25) is 5.95 Å². The van der Waals surface area contributed by atoms with Crippen molar-refractivity contribution in [2.24, 2.45) is 0 Å². The lowest BCUT2D eigenvalue weighted by atomic mass is 10.0. The number of nitrogens with zero attached hydrogens (tertiary/aromatic N) is 8. The van der Waals surface area contributed by atoms with Crippen molar-refractivity contribution in [3.05, 3.63) is 73.1 Å². The van der Waals surface area contributed by atoms with Crippen LogP contribution in [0, 0.1) is 6.92 Å². The van der Waals surface area contributed by atoms with Crippen molar-refractivity contribution in [1.29, 1.82) is 0 Å². The van der Waals surface area contributed by atoms with Gasteiger partial charge < -0.3 is 19.3 Å². The van der Waals surface area contributed by atoms with E-state index in [-0.39, 0.29) is 5.95 Å². The van der Waals surface area contributed by atoms with Crippen LogP contribution in [0.3, 0.4) is 0 Å². The lowest BCUT2D eigenvalue weighted by Crippen LogP contribution is -2.09. The lowest BCUT2D eigenvalue weighted by molar-refractivity contribution is 0.417. The van der Waals surface area contributed by atoms with E-state index in [1.54, 1.807) is 36.5 Å². The summed E-state index contributed by atoms with van der Waals surface area (Å²) in [6.07, 6.45) is 8.92. The molecule has 0 aliphatic carbocycles. The van der Waals surface area contributed by atoms with E-state index < -0.39 is 0 Å². The van der Waals surface area contributed by atoms with Crippen LogP contribution < -0.4 is 10.5 Å². The van der Waals surface area contributed by atoms with E-state index in [0.29, 0.717) is 39.6 Å². The van der Waals surface area contributed by atoms with E-state index in [0.717, 1.165) is 28.0 Å². The van der Waals surface area contributed by atoms with Gasteiger partial charge in [0.25, 0.3) is 0 Å². The first-order chi connectivity index (χ1) is 18.6. The molecule has 1 aromatic carbocycles. The van der Waals surface area contributed by atoms with Crippen molar-refractivity contribution >= 4 is 22.6 Å². The molecule has 0 spiro atoms. The highest BCUT2D eigenvalue weighted by molar-refractivity contribution is 5.90. The number of rotatable bonds is 5. The SMILES string of the molecule is COc1cc2nnn(-c3nc(N)nc(-c4ccco4)c3-c3ccc4ncc(C)n4c3)c2cc1-c1cn[nH]c1. The fourth-order valence-electron chi connectivity index (χ4n) is 4.62. The molecular formula is C26H20N10O2. The minimum atomic E-state index is 0.0715. The second kappa shape index (κ2) is 8.27. The predicted octanol–water partition coefficient (Wildman–Crippen LogP) is 4.07. The molecule has 186 valence electrons. The molecular weight excluding hydrogens is 484 g/mol. The zero-order valence-electron chi connectivity index (χ0n) is 20.3. The van der Waals surface area contributed by atoms with Crippen molar-refractivity contribution in [2.75, 3.05) is 12.8 Å². The number of imidazole rings is 1. The Morgan fingerprint density at radius 3 is 2.79 bits per heavy atom. The molecule has 6 aromatic heterocycles. The number of methoxy groups -OCH3 is 1. The standard InChI is InChI=1S/C26H20N10O2/c1-14-10-28-22-6-5-15(13-35(14)22)23-24(20-4-3-7-38-20)31-26(27)32-25(23)36-19-8-17(16-11-29-30-12-16)21(37-2)9-18(19)33-34-36/h3-13H,1-2H3,(H,29,30)(H2,27,31,32). The normalized spacial score (nSPS) is 11.5. The highest BCUT2D eigenvalue weighted by atomic mass is 16.5. The summed E-state index contributed by atoms with van der Waals surface area (Å²) < 4.78 is 15.0. The number of hydrogen-bond donors (Lipinski definition) is 2. The monoisotopic (exact) mass is 504 g/mol. The molecule has 7 aromatic rings. The molecule has 12 nitrogen and oxygen atoms in total. The van der Waals surface area contributed by atoms with Crippen LogP contribution in [0.4, 0.5) is 5.95 Å². The van der Waals surface area contributed by atoms with Gasteiger partial charge in [-0.05, 0) is 37.3 Å². The van der Waals surface area contributed by atoms with Gasteiger partial charge in [0.05, 0.1) is 30.6 Å². The van der Waals surface area contributed by atoms with E-state index >= 15 is 0 Å². The summed E-state index contributed by atoms with van der Waals surface area (Å²) in [7, 11) is 1.61. The smallest absolute Gasteiger partial charge is 0.222 e. The summed E-state index contributed by atoms with van der Waals surface area (Å²) in [5, 5.41) is 15.8. The number of aryl methyl sites for hydroxylation is 1. The summed E-state index contributed by atoms with van der Waals surface area (Å²) in [6.45, 7) is 1.99. The first-order valence-corrected chi connectivity index (χ1v) is 11.7. The number of furan rings is 1. The summed E-state index contributed by atoms with van der Waals surface area (Å²) in [5.41, 5.74) is 13.1. The number of pyridine rings is 1. The van der Waals surface area contributed by atoms with Crippen LogP contribution in [0.1, 0.15) is 5.69 Å². The number of nitrogen functional groups attached to an aromatic ring is 1. The molecule has 3 N–H and O–H groups in total. The topological polar surface area (TPSA) is 151 Å². The van der Waals surface area contributed by atoms with Crippen molar-refractivity contribution in [3.63, 3.8) is 0 Å². The van der Waals surface area contributed by atoms with E-state index in [4.69, 9.17) is 14.9 Å². The molecule has 0 aliphatic heterocycles. The maximum Gasteiger partial charge on any atom is 0.222 e. The van der Waals surface area contributed by atoms with Crippen LogP contribution >= 0.6 is 0 Å². The molecule has 0 bridgehead atoms. The van der Waals surface area contributed by atoms with Gasteiger partial charge in [-0.3, -0.25) is 5.10 Å². The molecule has 7 rings (SSSR count). The Morgan fingerprint density at radius 1 is 1.08 bits per heavy atom. The Morgan fingerprint density at radius 2 is 2.00 bits per heavy atom. The largest absolute Gasteiger partial charge is 0.496 e. The van der Waals surface area contributed by atoms with Crippen LogP contribution in [0.15, 0.2) is 71.9 Å². The van der Waals surface area contributed by atoms with Gasteiger partial charge in [0.1, 0.15) is 22.6 Å². The number of fused-ring (bicyclic) bond motifs is 2. The Bertz CT molecular complexity index is 1930. The molecule has 0 radical (unpaired) electrons. The maximum absolute atomic E-state index is 6.24. The zero-order valence-corrected chi connectivity index (χ0v) is 20.3. The summed E-state index contributed by atoms with van der Waals surface area (Å²) in [5.74, 6) is 1.71. The number of ether oxygens (including phenoxy) is 1. The lowest BCUT2D eigenvalue weighted by Gasteiger charge is -2.15. The van der Waals surface area contributed by atoms with Crippen LogP contribution in [0.2, 0.25) is 0 Å². The molecule has 0 atom stereocenters. The average Bonchev–Trinajstić information content (AvgIpc) is 3.75. The molecule has 0 saturated heterocycles. The number of H-pyrrole nitrogens is 1. The molecule has 6 heterocycles. The molecule has 12 heteroatoms. The number of nitrogens with one attached hydrogen (secondary N) is 1. The molecule has 38 heavy (non-hydrogen) atoms. The van der Waals surface area contributed by atoms with Crippen molar-refractivity contribution < 1.29 is 9.15 Å². The Kier molecular flexibility index (Phi) is 4.73. The van der Waals surface area contributed by atoms with Gasteiger partial charge in [-0.15, -0.1) is 5.10 Å². The van der Waals surface area contributed by atoms with E-state index in [1.807, 2.05) is 54.0 Å². The summed E-state index contributed by atoms with van der Waals surface area (Å²) in [6, 6.07) is 11.3. The Hall–Kier alpha value is -5.52. The number of benzene rings is 1. The third-order valence-electron chi connectivity index (χ3n) is 6.42. The van der Waals surface area contributed by atoms with Crippen molar-refractivity contribution in [1.82, 2.24) is 44.5 Å². The van der Waals surface area contributed by atoms with Gasteiger partial charge in [-0.1, -0.05) is 5.21 Å². The molecule has 0 amide bonds. The fraction of sp³-hybridized carbons (Fsp3) is 0.0769. The van der Waals surface area contributed by atoms with Gasteiger partial charge in [0.15, 0.2) is 11.6 Å². The summed E-state index contributed by atoms with van der Waals surface area (Å²) in [4.78, 5) is 13.7. The first-order valence-electron chi connectivity index (χ1n) is 11.7. The van der Waals surface area contributed by atoms with Gasteiger partial charge in [0, 0.05) is 47.0 Å².